The Kier molecular flexibility index (Phi) is 8.46. The Morgan fingerprint density at radius 1 is 1.14 bits per heavy atom. The van der Waals surface area contributed by atoms with Crippen LogP contribution >= 0.6 is 0 Å². The van der Waals surface area contributed by atoms with Gasteiger partial charge in [0.05, 0.1) is 18.8 Å². The van der Waals surface area contributed by atoms with Gasteiger partial charge in [0.2, 0.25) is 0 Å². The third-order valence-electron chi connectivity index (χ3n) is 3.95. The first kappa shape index (κ1) is 21.7. The Labute approximate surface area is 170 Å². The number of nitrogens with zero attached hydrogens (tertiary/aromatic N) is 1. The average molecular weight is 392 g/mol. The molecule has 6 nitrogen and oxygen atoms in total. The van der Waals surface area contributed by atoms with E-state index >= 15 is 0 Å². The first-order valence-corrected chi connectivity index (χ1v) is 9.50. The number of nitriles is 1. The Morgan fingerprint density at radius 3 is 2.55 bits per heavy atom. The summed E-state index contributed by atoms with van der Waals surface area (Å²) in [5.41, 5.74) is 1.39. The van der Waals surface area contributed by atoms with Crippen molar-refractivity contribution in [3.63, 3.8) is 0 Å². The summed E-state index contributed by atoms with van der Waals surface area (Å²) in [5, 5.41) is 12.0. The molecule has 29 heavy (non-hydrogen) atoms. The molecular formula is C23H24N2O4. The number of anilines is 1. The molecule has 0 bridgehead atoms. The molecule has 2 aromatic carbocycles. The first-order chi connectivity index (χ1) is 14.1. The van der Waals surface area contributed by atoms with Crippen molar-refractivity contribution >= 4 is 23.6 Å². The molecule has 0 spiro atoms. The van der Waals surface area contributed by atoms with Gasteiger partial charge < -0.3 is 14.8 Å². The molecule has 0 aromatic heterocycles. The minimum Gasteiger partial charge on any atom is -0.494 e. The maximum atomic E-state index is 12.5. The Balaban J connectivity index is 2.08. The van der Waals surface area contributed by atoms with Gasteiger partial charge in [0.25, 0.3) is 5.91 Å². The van der Waals surface area contributed by atoms with Crippen LogP contribution in [0.4, 0.5) is 5.69 Å². The molecule has 150 valence electrons. The summed E-state index contributed by atoms with van der Waals surface area (Å²) in [5.74, 6) is -0.285. The monoisotopic (exact) mass is 392 g/mol. The zero-order valence-corrected chi connectivity index (χ0v) is 16.6. The van der Waals surface area contributed by atoms with E-state index < -0.39 is 11.9 Å². The number of benzene rings is 2. The number of nitrogens with one attached hydrogen (secondary N) is 1. The first-order valence-electron chi connectivity index (χ1n) is 9.50. The number of ether oxygens (including phenoxy) is 2. The van der Waals surface area contributed by atoms with Crippen molar-refractivity contribution in [2.75, 3.05) is 18.5 Å². The Bertz CT molecular complexity index is 911. The van der Waals surface area contributed by atoms with E-state index in [4.69, 9.17) is 9.47 Å². The predicted molar refractivity (Wildman–Crippen MR) is 111 cm³/mol. The number of hydrogen-bond donors (Lipinski definition) is 1. The van der Waals surface area contributed by atoms with Crippen LogP contribution in [0.5, 0.6) is 5.75 Å². The number of carbonyl (C=O) groups excluding carboxylic acids is 2. The predicted octanol–water partition coefficient (Wildman–Crippen LogP) is 4.59. The van der Waals surface area contributed by atoms with Crippen molar-refractivity contribution in [2.24, 2.45) is 0 Å². The van der Waals surface area contributed by atoms with E-state index in [9.17, 15) is 14.9 Å². The quantitative estimate of drug-likeness (QED) is 0.292. The van der Waals surface area contributed by atoms with Crippen molar-refractivity contribution in [3.8, 4) is 11.8 Å². The van der Waals surface area contributed by atoms with Crippen molar-refractivity contribution in [1.29, 1.82) is 5.26 Å². The van der Waals surface area contributed by atoms with E-state index in [1.807, 2.05) is 6.07 Å². The van der Waals surface area contributed by atoms with Crippen molar-refractivity contribution in [1.82, 2.24) is 0 Å². The van der Waals surface area contributed by atoms with Crippen LogP contribution in [0.1, 0.15) is 42.6 Å². The lowest BCUT2D eigenvalue weighted by Crippen LogP contribution is -2.14. The molecule has 0 radical (unpaired) electrons. The fourth-order valence-electron chi connectivity index (χ4n) is 2.45. The van der Waals surface area contributed by atoms with Gasteiger partial charge in [0.1, 0.15) is 17.4 Å². The van der Waals surface area contributed by atoms with Gasteiger partial charge in [0.15, 0.2) is 0 Å². The summed E-state index contributed by atoms with van der Waals surface area (Å²) in [6.07, 6.45) is 3.54. The molecule has 0 saturated carbocycles. The standard InChI is InChI=1S/C23H24N2O4/c1-3-5-13-29-21-11-9-17(10-12-21)14-19(16-24)22(26)25-20-8-6-7-18(15-20)23(27)28-4-2/h6-12,14-15H,3-5,13H2,1-2H3,(H,25,26)/b19-14+. The smallest absolute Gasteiger partial charge is 0.338 e. The van der Waals surface area contributed by atoms with Crippen LogP contribution < -0.4 is 10.1 Å². The number of unbranched alkanes of at least 4 members (excludes halogenated alkanes) is 1. The van der Waals surface area contributed by atoms with Gasteiger partial charge in [-0.25, -0.2) is 4.79 Å². The van der Waals surface area contributed by atoms with Crippen molar-refractivity contribution < 1.29 is 19.1 Å². The molecule has 0 heterocycles. The molecule has 1 amide bonds. The SMILES string of the molecule is CCCCOc1ccc(/C=C(\C#N)C(=O)Nc2cccc(C(=O)OCC)c2)cc1. The Hall–Kier alpha value is -3.59. The van der Waals surface area contributed by atoms with Gasteiger partial charge in [-0.2, -0.15) is 5.26 Å². The molecule has 0 fully saturated rings. The van der Waals surface area contributed by atoms with Gasteiger partial charge in [-0.1, -0.05) is 31.5 Å². The maximum absolute atomic E-state index is 12.5. The third kappa shape index (κ3) is 6.82. The molecule has 0 atom stereocenters. The van der Waals surface area contributed by atoms with E-state index in [1.165, 1.54) is 12.1 Å². The van der Waals surface area contributed by atoms with Gasteiger partial charge in [-0.15, -0.1) is 0 Å². The highest BCUT2D eigenvalue weighted by Crippen LogP contribution is 2.17. The molecule has 0 aliphatic rings. The molecule has 6 heteroatoms. The summed E-state index contributed by atoms with van der Waals surface area (Å²) in [6, 6.07) is 15.5. The molecule has 1 N–H and O–H groups in total. The van der Waals surface area contributed by atoms with Gasteiger partial charge in [0, 0.05) is 5.69 Å². The zero-order valence-electron chi connectivity index (χ0n) is 16.6. The highest BCUT2D eigenvalue weighted by Gasteiger charge is 2.12. The van der Waals surface area contributed by atoms with Crippen LogP contribution in [0.15, 0.2) is 54.1 Å². The van der Waals surface area contributed by atoms with E-state index in [2.05, 4.69) is 12.2 Å². The summed E-state index contributed by atoms with van der Waals surface area (Å²) in [4.78, 5) is 24.3. The van der Waals surface area contributed by atoms with Crippen molar-refractivity contribution in [3.05, 3.63) is 65.2 Å². The highest BCUT2D eigenvalue weighted by molar-refractivity contribution is 6.10. The molecule has 2 rings (SSSR count). The Morgan fingerprint density at radius 2 is 1.90 bits per heavy atom. The van der Waals surface area contributed by atoms with Crippen molar-refractivity contribution in [2.45, 2.75) is 26.7 Å². The largest absolute Gasteiger partial charge is 0.494 e. The lowest BCUT2D eigenvalue weighted by molar-refractivity contribution is -0.112. The number of hydrogen-bond acceptors (Lipinski definition) is 5. The molecular weight excluding hydrogens is 368 g/mol. The van der Waals surface area contributed by atoms with Crippen LogP contribution in [0.2, 0.25) is 0 Å². The van der Waals surface area contributed by atoms with Gasteiger partial charge >= 0.3 is 5.97 Å². The second kappa shape index (κ2) is 11.3. The van der Waals surface area contributed by atoms with Crippen LogP contribution in [0, 0.1) is 11.3 Å². The fraction of sp³-hybridized carbons (Fsp3) is 0.261. The number of esters is 1. The van der Waals surface area contributed by atoms with E-state index in [-0.39, 0.29) is 12.2 Å². The number of rotatable bonds is 9. The second-order valence-corrected chi connectivity index (χ2v) is 6.20. The summed E-state index contributed by atoms with van der Waals surface area (Å²) >= 11 is 0. The molecule has 0 aliphatic carbocycles. The fourth-order valence-corrected chi connectivity index (χ4v) is 2.45. The van der Waals surface area contributed by atoms with Crippen LogP contribution in [0.3, 0.4) is 0 Å². The van der Waals surface area contributed by atoms with Gasteiger partial charge in [-0.05, 0) is 55.3 Å². The third-order valence-corrected chi connectivity index (χ3v) is 3.95. The summed E-state index contributed by atoms with van der Waals surface area (Å²) in [6.45, 7) is 4.73. The minimum absolute atomic E-state index is 0.0498. The maximum Gasteiger partial charge on any atom is 0.338 e. The number of carbonyl (C=O) groups is 2. The normalized spacial score (nSPS) is 10.7. The highest BCUT2D eigenvalue weighted by atomic mass is 16.5. The molecule has 0 saturated heterocycles. The average Bonchev–Trinajstić information content (AvgIpc) is 2.73. The lowest BCUT2D eigenvalue weighted by atomic mass is 10.1. The summed E-state index contributed by atoms with van der Waals surface area (Å²) in [7, 11) is 0. The molecule has 2 aromatic rings. The van der Waals surface area contributed by atoms with Crippen LogP contribution in [0.25, 0.3) is 6.08 Å². The molecule has 0 aliphatic heterocycles. The zero-order chi connectivity index (χ0) is 21.1. The van der Waals surface area contributed by atoms with E-state index in [0.29, 0.717) is 23.4 Å². The lowest BCUT2D eigenvalue weighted by Gasteiger charge is -2.07. The van der Waals surface area contributed by atoms with Gasteiger partial charge in [-0.3, -0.25) is 4.79 Å². The van der Waals surface area contributed by atoms with Crippen LogP contribution in [-0.2, 0) is 9.53 Å². The number of amides is 1. The minimum atomic E-state index is -0.559. The second-order valence-electron chi connectivity index (χ2n) is 6.20. The van der Waals surface area contributed by atoms with Crippen LogP contribution in [-0.4, -0.2) is 25.1 Å². The molecule has 0 unspecified atom stereocenters. The van der Waals surface area contributed by atoms with E-state index in [0.717, 1.165) is 18.6 Å². The topological polar surface area (TPSA) is 88.4 Å². The van der Waals surface area contributed by atoms with E-state index in [1.54, 1.807) is 49.4 Å². The summed E-state index contributed by atoms with van der Waals surface area (Å²) < 4.78 is 10.6.